The minimum atomic E-state index is -0.357. The van der Waals surface area contributed by atoms with Gasteiger partial charge in [0.2, 0.25) is 0 Å². The Hall–Kier alpha value is -0.120. The Labute approximate surface area is 124 Å². The molecule has 0 aliphatic heterocycles. The molecule has 0 saturated heterocycles. The molecule has 3 heteroatoms. The molecule has 2 fully saturated rings. The van der Waals surface area contributed by atoms with Crippen LogP contribution in [0.2, 0.25) is 0 Å². The molecule has 0 bridgehead atoms. The first-order valence-electron chi connectivity index (χ1n) is 8.66. The van der Waals surface area contributed by atoms with Gasteiger partial charge in [0.1, 0.15) is 0 Å². The van der Waals surface area contributed by atoms with Crippen molar-refractivity contribution in [1.82, 2.24) is 5.32 Å². The highest BCUT2D eigenvalue weighted by molar-refractivity contribution is 4.80. The predicted molar refractivity (Wildman–Crippen MR) is 82.8 cm³/mol. The lowest BCUT2D eigenvalue weighted by atomic mass is 9.80. The van der Waals surface area contributed by atoms with Gasteiger partial charge < -0.3 is 15.2 Å². The molecular weight excluding hydrogens is 250 g/mol. The van der Waals surface area contributed by atoms with E-state index in [0.29, 0.717) is 25.3 Å². The van der Waals surface area contributed by atoms with E-state index in [1.54, 1.807) is 0 Å². The van der Waals surface area contributed by atoms with E-state index in [9.17, 15) is 5.11 Å². The number of rotatable bonds is 6. The van der Waals surface area contributed by atoms with Crippen LogP contribution in [0, 0.1) is 11.8 Å². The Morgan fingerprint density at radius 3 is 2.35 bits per heavy atom. The highest BCUT2D eigenvalue weighted by atomic mass is 16.5. The highest BCUT2D eigenvalue weighted by Crippen LogP contribution is 2.28. The van der Waals surface area contributed by atoms with Crippen LogP contribution in [-0.4, -0.2) is 36.5 Å². The van der Waals surface area contributed by atoms with Crippen LogP contribution in [0.5, 0.6) is 0 Å². The Morgan fingerprint density at radius 2 is 1.70 bits per heavy atom. The van der Waals surface area contributed by atoms with E-state index < -0.39 is 0 Å². The fourth-order valence-electron chi connectivity index (χ4n) is 3.95. The second kappa shape index (κ2) is 8.35. The molecule has 0 aromatic rings. The lowest BCUT2D eigenvalue weighted by Gasteiger charge is -2.32. The first-order valence-corrected chi connectivity index (χ1v) is 8.66. The maximum absolute atomic E-state index is 10.1. The molecule has 3 atom stereocenters. The van der Waals surface area contributed by atoms with Gasteiger partial charge in [-0.1, -0.05) is 33.1 Å². The third-order valence-corrected chi connectivity index (χ3v) is 4.90. The van der Waals surface area contributed by atoms with Gasteiger partial charge in [-0.2, -0.15) is 0 Å². The zero-order valence-corrected chi connectivity index (χ0v) is 13.3. The van der Waals surface area contributed by atoms with Crippen molar-refractivity contribution in [2.75, 3.05) is 13.2 Å². The molecular formula is C17H33NO2. The van der Waals surface area contributed by atoms with Crippen molar-refractivity contribution in [2.24, 2.45) is 11.8 Å². The molecule has 2 aliphatic carbocycles. The zero-order valence-electron chi connectivity index (χ0n) is 13.3. The van der Waals surface area contributed by atoms with E-state index in [1.807, 2.05) is 0 Å². The zero-order chi connectivity index (χ0) is 14.4. The first kappa shape index (κ1) is 16.3. The second-order valence-electron chi connectivity index (χ2n) is 7.27. The van der Waals surface area contributed by atoms with Gasteiger partial charge in [0.05, 0.1) is 18.8 Å². The van der Waals surface area contributed by atoms with Crippen molar-refractivity contribution in [1.29, 1.82) is 0 Å². The van der Waals surface area contributed by atoms with Crippen molar-refractivity contribution in [3.8, 4) is 0 Å². The van der Waals surface area contributed by atoms with E-state index in [0.717, 1.165) is 11.8 Å². The van der Waals surface area contributed by atoms with Gasteiger partial charge in [-0.15, -0.1) is 0 Å². The number of hydrogen-bond acceptors (Lipinski definition) is 3. The summed E-state index contributed by atoms with van der Waals surface area (Å²) in [7, 11) is 0. The summed E-state index contributed by atoms with van der Waals surface area (Å²) >= 11 is 0. The average Bonchev–Trinajstić information content (AvgIpc) is 2.43. The van der Waals surface area contributed by atoms with Gasteiger partial charge in [-0.3, -0.25) is 0 Å². The lowest BCUT2D eigenvalue weighted by Crippen LogP contribution is -2.41. The van der Waals surface area contributed by atoms with Gasteiger partial charge >= 0.3 is 0 Å². The number of aliphatic hydroxyl groups excluding tert-OH is 1. The molecule has 2 N–H and O–H groups in total. The van der Waals surface area contributed by atoms with Crippen LogP contribution in [0.3, 0.4) is 0 Å². The molecule has 3 unspecified atom stereocenters. The van der Waals surface area contributed by atoms with Crippen molar-refractivity contribution in [2.45, 2.75) is 83.5 Å². The average molecular weight is 283 g/mol. The summed E-state index contributed by atoms with van der Waals surface area (Å²) < 4.78 is 5.84. The molecule has 0 radical (unpaired) electrons. The van der Waals surface area contributed by atoms with Crippen molar-refractivity contribution < 1.29 is 9.84 Å². The molecule has 20 heavy (non-hydrogen) atoms. The number of hydrogen-bond donors (Lipinski definition) is 2. The molecule has 0 spiro atoms. The SMILES string of the molecule is CC1CC(C)CC(NCC(O)COC2CCCCC2)C1. The number of aliphatic hydroxyl groups is 1. The van der Waals surface area contributed by atoms with Gasteiger partial charge in [0.15, 0.2) is 0 Å². The predicted octanol–water partition coefficient (Wildman–Crippen LogP) is 3.11. The minimum Gasteiger partial charge on any atom is -0.389 e. The highest BCUT2D eigenvalue weighted by Gasteiger charge is 2.24. The Balaban J connectivity index is 1.58. The molecule has 0 heterocycles. The molecule has 0 amide bonds. The molecule has 0 aromatic carbocycles. The van der Waals surface area contributed by atoms with Crippen molar-refractivity contribution >= 4 is 0 Å². The largest absolute Gasteiger partial charge is 0.389 e. The molecule has 3 nitrogen and oxygen atoms in total. The summed E-state index contributed by atoms with van der Waals surface area (Å²) in [6.45, 7) is 5.85. The molecule has 118 valence electrons. The monoisotopic (exact) mass is 283 g/mol. The van der Waals surface area contributed by atoms with E-state index in [1.165, 1.54) is 51.4 Å². The molecule has 2 saturated carbocycles. The standard InChI is InChI=1S/C17H33NO2/c1-13-8-14(2)10-15(9-13)18-11-16(19)12-20-17-6-4-3-5-7-17/h13-19H,3-12H2,1-2H3. The minimum absolute atomic E-state index is 0.357. The number of nitrogens with one attached hydrogen (secondary N) is 1. The maximum Gasteiger partial charge on any atom is 0.0897 e. The van der Waals surface area contributed by atoms with Gasteiger partial charge in [0.25, 0.3) is 0 Å². The van der Waals surface area contributed by atoms with E-state index in [-0.39, 0.29) is 6.10 Å². The Kier molecular flexibility index (Phi) is 6.79. The third-order valence-electron chi connectivity index (χ3n) is 4.90. The smallest absolute Gasteiger partial charge is 0.0897 e. The molecule has 2 aliphatic rings. The molecule has 2 rings (SSSR count). The lowest BCUT2D eigenvalue weighted by molar-refractivity contribution is -0.0241. The van der Waals surface area contributed by atoms with E-state index >= 15 is 0 Å². The van der Waals surface area contributed by atoms with Crippen molar-refractivity contribution in [3.05, 3.63) is 0 Å². The van der Waals surface area contributed by atoms with E-state index in [2.05, 4.69) is 19.2 Å². The van der Waals surface area contributed by atoms with Crippen LogP contribution in [0.4, 0.5) is 0 Å². The molecule has 0 aromatic heterocycles. The van der Waals surface area contributed by atoms with E-state index in [4.69, 9.17) is 4.74 Å². The Morgan fingerprint density at radius 1 is 1.05 bits per heavy atom. The summed E-state index contributed by atoms with van der Waals surface area (Å²) in [5, 5.41) is 13.6. The summed E-state index contributed by atoms with van der Waals surface area (Å²) in [6, 6.07) is 0.582. The van der Waals surface area contributed by atoms with Crippen LogP contribution in [0.25, 0.3) is 0 Å². The van der Waals surface area contributed by atoms with Gasteiger partial charge in [-0.25, -0.2) is 0 Å². The third kappa shape index (κ3) is 5.71. The fourth-order valence-corrected chi connectivity index (χ4v) is 3.95. The Bertz CT molecular complexity index is 256. The normalized spacial score (nSPS) is 34.0. The summed E-state index contributed by atoms with van der Waals surface area (Å²) in [6.07, 6.45) is 10.2. The number of ether oxygens (including phenoxy) is 1. The van der Waals surface area contributed by atoms with Crippen molar-refractivity contribution in [3.63, 3.8) is 0 Å². The summed E-state index contributed by atoms with van der Waals surface area (Å²) in [4.78, 5) is 0. The summed E-state index contributed by atoms with van der Waals surface area (Å²) in [5.74, 6) is 1.62. The van der Waals surface area contributed by atoms with Gasteiger partial charge in [0, 0.05) is 12.6 Å². The van der Waals surface area contributed by atoms with Crippen LogP contribution in [-0.2, 0) is 4.74 Å². The first-order chi connectivity index (χ1) is 9.63. The second-order valence-corrected chi connectivity index (χ2v) is 7.27. The fraction of sp³-hybridized carbons (Fsp3) is 1.00. The van der Waals surface area contributed by atoms with Crippen LogP contribution >= 0.6 is 0 Å². The topological polar surface area (TPSA) is 41.5 Å². The maximum atomic E-state index is 10.1. The van der Waals surface area contributed by atoms with Crippen LogP contribution < -0.4 is 5.32 Å². The van der Waals surface area contributed by atoms with Crippen LogP contribution in [0.1, 0.15) is 65.2 Å². The van der Waals surface area contributed by atoms with Crippen LogP contribution in [0.15, 0.2) is 0 Å². The summed E-state index contributed by atoms with van der Waals surface area (Å²) in [5.41, 5.74) is 0. The van der Waals surface area contributed by atoms with Gasteiger partial charge in [-0.05, 0) is 43.9 Å². The quantitative estimate of drug-likeness (QED) is 0.787.